The molecule has 5 rings (SSSR count). The second-order valence-electron chi connectivity index (χ2n) is 8.69. The number of fused-ring (bicyclic) bond motifs is 3. The number of benzene rings is 1. The monoisotopic (exact) mass is 512 g/mol. The lowest BCUT2D eigenvalue weighted by molar-refractivity contribution is 0.0996. The smallest absolute Gasteiger partial charge is 0.281 e. The van der Waals surface area contributed by atoms with Crippen molar-refractivity contribution in [2.24, 2.45) is 4.99 Å². The van der Waals surface area contributed by atoms with Crippen molar-refractivity contribution in [3.05, 3.63) is 47.8 Å². The predicted molar refractivity (Wildman–Crippen MR) is 134 cm³/mol. The number of anilines is 1. The molecule has 2 aromatic heterocycles. The van der Waals surface area contributed by atoms with Gasteiger partial charge in [0.25, 0.3) is 5.91 Å². The number of ether oxygens (including phenoxy) is 2. The molecule has 0 saturated carbocycles. The highest BCUT2D eigenvalue weighted by Gasteiger charge is 2.22. The summed E-state index contributed by atoms with van der Waals surface area (Å²) in [7, 11) is -1.33. The molecule has 36 heavy (non-hydrogen) atoms. The maximum absolute atomic E-state index is 12.7. The molecule has 0 spiro atoms. The third-order valence-corrected chi connectivity index (χ3v) is 7.94. The van der Waals surface area contributed by atoms with Crippen LogP contribution in [-0.2, 0) is 16.4 Å². The van der Waals surface area contributed by atoms with E-state index in [1.807, 2.05) is 16.7 Å². The van der Waals surface area contributed by atoms with Gasteiger partial charge in [0.05, 0.1) is 30.8 Å². The van der Waals surface area contributed by atoms with E-state index in [9.17, 15) is 13.2 Å². The molecule has 1 saturated heterocycles. The highest BCUT2D eigenvalue weighted by Crippen LogP contribution is 2.37. The van der Waals surface area contributed by atoms with E-state index < -0.39 is 15.7 Å². The highest BCUT2D eigenvalue weighted by molar-refractivity contribution is 7.91. The molecule has 2 aliphatic heterocycles. The Hall–Kier alpha value is -3.51. The number of aromatic nitrogens is 3. The Morgan fingerprint density at radius 2 is 2.03 bits per heavy atom. The van der Waals surface area contributed by atoms with E-state index in [0.29, 0.717) is 55.4 Å². The van der Waals surface area contributed by atoms with Gasteiger partial charge in [-0.25, -0.2) is 13.4 Å². The minimum atomic E-state index is -2.89. The molecule has 11 nitrogen and oxygen atoms in total. The van der Waals surface area contributed by atoms with Crippen LogP contribution in [0.3, 0.4) is 0 Å². The zero-order valence-corrected chi connectivity index (χ0v) is 20.8. The SMILES string of the molecule is COc1c(OCCCN2CCS(=O)(=O)CC2)ccc2c3n(c(=NC(=O)c4cccnc4)nc12)CCN3. The maximum Gasteiger partial charge on any atom is 0.281 e. The van der Waals surface area contributed by atoms with Crippen LogP contribution in [0.25, 0.3) is 10.9 Å². The minimum absolute atomic E-state index is 0.213. The average molecular weight is 513 g/mol. The third kappa shape index (κ3) is 5.05. The van der Waals surface area contributed by atoms with Crippen LogP contribution in [0.15, 0.2) is 41.7 Å². The van der Waals surface area contributed by atoms with Crippen LogP contribution in [-0.4, -0.2) is 85.2 Å². The Labute approximate surface area is 208 Å². The second kappa shape index (κ2) is 10.2. The number of methoxy groups -OCH3 is 1. The van der Waals surface area contributed by atoms with Crippen LogP contribution in [0.1, 0.15) is 16.8 Å². The number of rotatable bonds is 7. The van der Waals surface area contributed by atoms with E-state index in [1.165, 1.54) is 6.20 Å². The predicted octanol–water partition coefficient (Wildman–Crippen LogP) is 1.11. The van der Waals surface area contributed by atoms with E-state index in [2.05, 4.69) is 20.2 Å². The number of pyridine rings is 1. The second-order valence-corrected chi connectivity index (χ2v) is 11.0. The topological polar surface area (TPSA) is 128 Å². The zero-order chi connectivity index (χ0) is 25.1. The number of nitrogens with one attached hydrogen (secondary N) is 1. The summed E-state index contributed by atoms with van der Waals surface area (Å²) in [5, 5.41) is 4.20. The molecule has 0 radical (unpaired) electrons. The first-order valence-electron chi connectivity index (χ1n) is 11.9. The van der Waals surface area contributed by atoms with E-state index in [4.69, 9.17) is 14.5 Å². The largest absolute Gasteiger partial charge is 0.491 e. The molecule has 3 aromatic rings. The first kappa shape index (κ1) is 24.2. The Kier molecular flexibility index (Phi) is 6.88. The fourth-order valence-electron chi connectivity index (χ4n) is 4.43. The van der Waals surface area contributed by atoms with Crippen molar-refractivity contribution in [2.75, 3.05) is 56.7 Å². The Morgan fingerprint density at radius 1 is 1.19 bits per heavy atom. The first-order valence-corrected chi connectivity index (χ1v) is 13.7. The molecule has 12 heteroatoms. The van der Waals surface area contributed by atoms with Crippen molar-refractivity contribution in [1.82, 2.24) is 19.4 Å². The van der Waals surface area contributed by atoms with Gasteiger partial charge in [-0.15, -0.1) is 0 Å². The molecular weight excluding hydrogens is 484 g/mol. The van der Waals surface area contributed by atoms with Crippen LogP contribution in [0.2, 0.25) is 0 Å². The maximum atomic E-state index is 12.7. The summed E-state index contributed by atoms with van der Waals surface area (Å²) in [6.45, 7) is 3.66. The number of hydrogen-bond acceptors (Lipinski definition) is 9. The first-order chi connectivity index (χ1) is 17.4. The van der Waals surface area contributed by atoms with Crippen LogP contribution in [0.5, 0.6) is 11.5 Å². The quantitative estimate of drug-likeness (QED) is 0.463. The van der Waals surface area contributed by atoms with Crippen molar-refractivity contribution in [3.8, 4) is 11.5 Å². The molecular formula is C24H28N6O5S. The molecule has 0 aliphatic carbocycles. The van der Waals surface area contributed by atoms with Crippen molar-refractivity contribution in [3.63, 3.8) is 0 Å². The number of carbonyl (C=O) groups excluding carboxylic acids is 1. The minimum Gasteiger partial charge on any atom is -0.491 e. The van der Waals surface area contributed by atoms with Crippen LogP contribution >= 0.6 is 0 Å². The molecule has 0 unspecified atom stereocenters. The fraction of sp³-hybridized carbons (Fsp3) is 0.417. The lowest BCUT2D eigenvalue weighted by Crippen LogP contribution is -2.40. The summed E-state index contributed by atoms with van der Waals surface area (Å²) < 4.78 is 36.8. The summed E-state index contributed by atoms with van der Waals surface area (Å²) in [5.74, 6) is 1.84. The van der Waals surface area contributed by atoms with Gasteiger partial charge in [-0.05, 0) is 30.7 Å². The van der Waals surface area contributed by atoms with Gasteiger partial charge in [0.2, 0.25) is 5.62 Å². The molecule has 1 fully saturated rings. The number of hydrogen-bond donors (Lipinski definition) is 1. The summed E-state index contributed by atoms with van der Waals surface area (Å²) in [6, 6.07) is 7.13. The van der Waals surface area contributed by atoms with Crippen LogP contribution in [0.4, 0.5) is 5.82 Å². The van der Waals surface area contributed by atoms with Gasteiger partial charge in [-0.3, -0.25) is 14.3 Å². The van der Waals surface area contributed by atoms with Crippen molar-refractivity contribution in [2.45, 2.75) is 13.0 Å². The summed E-state index contributed by atoms with van der Waals surface area (Å²) in [4.78, 5) is 27.9. The highest BCUT2D eigenvalue weighted by atomic mass is 32.2. The lowest BCUT2D eigenvalue weighted by Gasteiger charge is -2.26. The number of nitrogens with zero attached hydrogens (tertiary/aromatic N) is 5. The average Bonchev–Trinajstić information content (AvgIpc) is 3.38. The molecule has 2 aliphatic rings. The number of carbonyl (C=O) groups is 1. The fourth-order valence-corrected chi connectivity index (χ4v) is 5.71. The van der Waals surface area contributed by atoms with E-state index in [1.54, 1.807) is 25.4 Å². The Morgan fingerprint density at radius 3 is 2.78 bits per heavy atom. The van der Waals surface area contributed by atoms with E-state index in [0.717, 1.165) is 24.2 Å². The van der Waals surface area contributed by atoms with Gasteiger partial charge in [0.15, 0.2) is 21.3 Å². The molecule has 1 aromatic carbocycles. The van der Waals surface area contributed by atoms with Gasteiger partial charge in [0, 0.05) is 50.5 Å². The Bertz CT molecular complexity index is 1440. The summed E-state index contributed by atoms with van der Waals surface area (Å²) >= 11 is 0. The van der Waals surface area contributed by atoms with Gasteiger partial charge in [0.1, 0.15) is 11.3 Å². The summed E-state index contributed by atoms with van der Waals surface area (Å²) in [6.07, 6.45) is 3.83. The molecule has 190 valence electrons. The molecule has 4 heterocycles. The third-order valence-electron chi connectivity index (χ3n) is 6.33. The van der Waals surface area contributed by atoms with Gasteiger partial charge in [-0.2, -0.15) is 4.99 Å². The zero-order valence-electron chi connectivity index (χ0n) is 20.0. The van der Waals surface area contributed by atoms with Gasteiger partial charge < -0.3 is 19.7 Å². The normalized spacial score (nSPS) is 17.5. The molecule has 0 atom stereocenters. The van der Waals surface area contributed by atoms with Crippen LogP contribution < -0.4 is 20.4 Å². The van der Waals surface area contributed by atoms with Gasteiger partial charge >= 0.3 is 0 Å². The van der Waals surface area contributed by atoms with E-state index in [-0.39, 0.29) is 17.1 Å². The number of amides is 1. The van der Waals surface area contributed by atoms with Gasteiger partial charge in [-0.1, -0.05) is 0 Å². The number of sulfone groups is 1. The molecule has 1 N–H and O–H groups in total. The van der Waals surface area contributed by atoms with Crippen LogP contribution in [0, 0.1) is 0 Å². The van der Waals surface area contributed by atoms with E-state index >= 15 is 0 Å². The Balaban J connectivity index is 1.39. The summed E-state index contributed by atoms with van der Waals surface area (Å²) in [5.41, 5.74) is 1.22. The van der Waals surface area contributed by atoms with Crippen molar-refractivity contribution in [1.29, 1.82) is 0 Å². The van der Waals surface area contributed by atoms with Crippen molar-refractivity contribution < 1.29 is 22.7 Å². The van der Waals surface area contributed by atoms with Crippen molar-refractivity contribution >= 4 is 32.5 Å². The molecule has 1 amide bonds. The standard InChI is InChI=1S/C24H28N6O5S/c1-34-21-19(35-13-3-9-29-11-14-36(32,33)15-12-29)6-5-18-20(21)27-24(30-10-8-26-22(18)30)28-23(31)17-4-2-7-25-16-17/h2,4-7,16,26H,3,8-15H2,1H3. The molecule has 0 bridgehead atoms. The lowest BCUT2D eigenvalue weighted by atomic mass is 10.2.